The Hall–Kier alpha value is -2.46. The zero-order chi connectivity index (χ0) is 23.6. The van der Waals surface area contributed by atoms with E-state index in [1.54, 1.807) is 28.3 Å². The summed E-state index contributed by atoms with van der Waals surface area (Å²) in [6, 6.07) is 5.18. The highest BCUT2D eigenvalue weighted by molar-refractivity contribution is 7.89. The number of hydrogen-bond acceptors (Lipinski definition) is 5. The Bertz CT molecular complexity index is 1130. The van der Waals surface area contributed by atoms with Crippen molar-refractivity contribution in [2.24, 2.45) is 0 Å². The van der Waals surface area contributed by atoms with Crippen LogP contribution in [-0.2, 0) is 32.6 Å². The SMILES string of the molecule is CCCn1c(CCC(=O)N2CCN(C(C)=O)CC2)nc2cc(S(=O)(=O)N3CCCC3)ccc21. The van der Waals surface area contributed by atoms with Crippen LogP contribution in [0.3, 0.4) is 0 Å². The van der Waals surface area contributed by atoms with E-state index in [4.69, 9.17) is 4.98 Å². The van der Waals surface area contributed by atoms with Crippen LogP contribution in [0.25, 0.3) is 11.0 Å². The number of aryl methyl sites for hydroxylation is 2. The topological polar surface area (TPSA) is 95.8 Å². The summed E-state index contributed by atoms with van der Waals surface area (Å²) in [6.45, 7) is 7.79. The van der Waals surface area contributed by atoms with Crippen LogP contribution in [0.2, 0.25) is 0 Å². The van der Waals surface area contributed by atoms with Gasteiger partial charge in [0.15, 0.2) is 0 Å². The summed E-state index contributed by atoms with van der Waals surface area (Å²) >= 11 is 0. The first-order valence-electron chi connectivity index (χ1n) is 11.8. The molecule has 2 aliphatic heterocycles. The number of hydrogen-bond donors (Lipinski definition) is 0. The highest BCUT2D eigenvalue weighted by atomic mass is 32.2. The lowest BCUT2D eigenvalue weighted by Gasteiger charge is -2.34. The molecule has 2 amide bonds. The zero-order valence-corrected chi connectivity index (χ0v) is 20.3. The van der Waals surface area contributed by atoms with Gasteiger partial charge in [-0.15, -0.1) is 0 Å². The molecule has 1 aromatic carbocycles. The molecule has 0 N–H and O–H groups in total. The third-order valence-corrected chi connectivity index (χ3v) is 8.48. The predicted octanol–water partition coefficient (Wildman–Crippen LogP) is 1.85. The van der Waals surface area contributed by atoms with Crippen LogP contribution >= 0.6 is 0 Å². The van der Waals surface area contributed by atoms with E-state index in [9.17, 15) is 18.0 Å². The van der Waals surface area contributed by atoms with Crippen molar-refractivity contribution in [3.05, 3.63) is 24.0 Å². The molecule has 0 aliphatic carbocycles. The summed E-state index contributed by atoms with van der Waals surface area (Å²) in [7, 11) is -3.50. The Morgan fingerprint density at radius 2 is 1.67 bits per heavy atom. The number of aromatic nitrogens is 2. The van der Waals surface area contributed by atoms with E-state index in [0.717, 1.165) is 37.1 Å². The maximum Gasteiger partial charge on any atom is 0.243 e. The number of carbonyl (C=O) groups excluding carboxylic acids is 2. The Labute approximate surface area is 195 Å². The monoisotopic (exact) mass is 475 g/mol. The van der Waals surface area contributed by atoms with Crippen molar-refractivity contribution in [3.63, 3.8) is 0 Å². The lowest BCUT2D eigenvalue weighted by atomic mass is 10.2. The molecular weight excluding hydrogens is 442 g/mol. The van der Waals surface area contributed by atoms with E-state index in [1.165, 1.54) is 0 Å². The molecule has 2 saturated heterocycles. The number of sulfonamides is 1. The predicted molar refractivity (Wildman–Crippen MR) is 125 cm³/mol. The first-order chi connectivity index (χ1) is 15.8. The van der Waals surface area contributed by atoms with Gasteiger partial charge in [-0.1, -0.05) is 6.92 Å². The molecule has 0 atom stereocenters. The number of imidazole rings is 1. The van der Waals surface area contributed by atoms with Gasteiger partial charge in [-0.05, 0) is 37.5 Å². The largest absolute Gasteiger partial charge is 0.339 e. The third-order valence-electron chi connectivity index (χ3n) is 6.59. The number of benzene rings is 1. The second-order valence-electron chi connectivity index (χ2n) is 8.83. The molecule has 0 spiro atoms. The van der Waals surface area contributed by atoms with Crippen molar-refractivity contribution in [2.75, 3.05) is 39.3 Å². The Morgan fingerprint density at radius 1 is 1.00 bits per heavy atom. The highest BCUT2D eigenvalue weighted by Gasteiger charge is 2.28. The number of fused-ring (bicyclic) bond motifs is 1. The first-order valence-corrected chi connectivity index (χ1v) is 13.3. The molecule has 9 nitrogen and oxygen atoms in total. The summed E-state index contributed by atoms with van der Waals surface area (Å²) in [5.41, 5.74) is 1.55. The number of rotatable bonds is 7. The highest BCUT2D eigenvalue weighted by Crippen LogP contribution is 2.26. The average molecular weight is 476 g/mol. The molecule has 2 aliphatic rings. The molecule has 180 valence electrons. The maximum absolute atomic E-state index is 13.0. The van der Waals surface area contributed by atoms with Crippen molar-refractivity contribution in [1.29, 1.82) is 0 Å². The summed E-state index contributed by atoms with van der Waals surface area (Å²) in [5.74, 6) is 0.908. The van der Waals surface area contributed by atoms with Crippen LogP contribution in [0.5, 0.6) is 0 Å². The molecular formula is C23H33N5O4S. The van der Waals surface area contributed by atoms with Gasteiger partial charge in [0, 0.05) is 65.6 Å². The number of nitrogens with zero attached hydrogens (tertiary/aromatic N) is 5. The van der Waals surface area contributed by atoms with E-state index >= 15 is 0 Å². The smallest absolute Gasteiger partial charge is 0.243 e. The van der Waals surface area contributed by atoms with E-state index < -0.39 is 10.0 Å². The van der Waals surface area contributed by atoms with Crippen LogP contribution in [0.1, 0.15) is 45.4 Å². The fourth-order valence-corrected chi connectivity index (χ4v) is 6.25. The van der Waals surface area contributed by atoms with Crippen LogP contribution in [0.15, 0.2) is 23.1 Å². The van der Waals surface area contributed by atoms with Crippen molar-refractivity contribution >= 4 is 32.9 Å². The van der Waals surface area contributed by atoms with Gasteiger partial charge in [-0.3, -0.25) is 9.59 Å². The van der Waals surface area contributed by atoms with Gasteiger partial charge in [-0.25, -0.2) is 13.4 Å². The van der Waals surface area contributed by atoms with Gasteiger partial charge in [0.1, 0.15) is 5.82 Å². The van der Waals surface area contributed by atoms with Gasteiger partial charge in [0.2, 0.25) is 21.8 Å². The molecule has 33 heavy (non-hydrogen) atoms. The van der Waals surface area contributed by atoms with E-state index in [1.807, 2.05) is 11.0 Å². The normalized spacial score (nSPS) is 17.8. The number of amides is 2. The second-order valence-corrected chi connectivity index (χ2v) is 10.8. The molecule has 0 bridgehead atoms. The van der Waals surface area contributed by atoms with Gasteiger partial charge < -0.3 is 14.4 Å². The minimum Gasteiger partial charge on any atom is -0.339 e. The summed E-state index contributed by atoms with van der Waals surface area (Å²) in [4.78, 5) is 32.9. The van der Waals surface area contributed by atoms with Gasteiger partial charge in [0.05, 0.1) is 15.9 Å². The zero-order valence-electron chi connectivity index (χ0n) is 19.5. The molecule has 0 radical (unpaired) electrons. The molecule has 1 aromatic heterocycles. The molecule has 4 rings (SSSR count). The molecule has 0 saturated carbocycles. The van der Waals surface area contributed by atoms with Gasteiger partial charge in [-0.2, -0.15) is 4.31 Å². The van der Waals surface area contributed by atoms with E-state index in [2.05, 4.69) is 11.5 Å². The van der Waals surface area contributed by atoms with Crippen LogP contribution < -0.4 is 0 Å². The third kappa shape index (κ3) is 4.91. The summed E-state index contributed by atoms with van der Waals surface area (Å²) in [6.07, 6.45) is 3.54. The molecule has 2 fully saturated rings. The minimum absolute atomic E-state index is 0.0431. The second kappa shape index (κ2) is 9.80. The van der Waals surface area contributed by atoms with Crippen LogP contribution in [0.4, 0.5) is 0 Å². The van der Waals surface area contributed by atoms with E-state index in [-0.39, 0.29) is 16.7 Å². The minimum atomic E-state index is -3.50. The molecule has 10 heteroatoms. The average Bonchev–Trinajstić information content (AvgIpc) is 3.46. The lowest BCUT2D eigenvalue weighted by Crippen LogP contribution is -2.50. The van der Waals surface area contributed by atoms with Crippen LogP contribution in [0, 0.1) is 0 Å². The number of piperazine rings is 1. The van der Waals surface area contributed by atoms with E-state index in [0.29, 0.717) is 57.6 Å². The standard InChI is InChI=1S/C23H33N5O4S/c1-3-10-28-21-7-6-19(33(31,32)27-11-4-5-12-27)17-20(21)24-22(28)8-9-23(30)26-15-13-25(14-16-26)18(2)29/h6-7,17H,3-5,8-16H2,1-2H3. The number of carbonyl (C=O) groups is 2. The summed E-state index contributed by atoms with van der Waals surface area (Å²) in [5, 5.41) is 0. The van der Waals surface area contributed by atoms with Crippen molar-refractivity contribution in [1.82, 2.24) is 23.7 Å². The fraction of sp³-hybridized carbons (Fsp3) is 0.609. The first kappa shape index (κ1) is 23.7. The Morgan fingerprint density at radius 3 is 2.30 bits per heavy atom. The van der Waals surface area contributed by atoms with Gasteiger partial charge in [0.25, 0.3) is 0 Å². The molecule has 2 aromatic rings. The fourth-order valence-electron chi connectivity index (χ4n) is 4.71. The Kier molecular flexibility index (Phi) is 7.04. The summed E-state index contributed by atoms with van der Waals surface area (Å²) < 4.78 is 29.6. The van der Waals surface area contributed by atoms with Crippen LogP contribution in [-0.4, -0.2) is 83.2 Å². The molecule has 3 heterocycles. The van der Waals surface area contributed by atoms with Crippen molar-refractivity contribution < 1.29 is 18.0 Å². The van der Waals surface area contributed by atoms with Crippen molar-refractivity contribution in [3.8, 4) is 0 Å². The Balaban J connectivity index is 1.50. The lowest BCUT2D eigenvalue weighted by molar-refractivity contribution is -0.138. The van der Waals surface area contributed by atoms with Crippen molar-refractivity contribution in [2.45, 2.75) is 57.4 Å². The molecule has 0 unspecified atom stereocenters. The maximum atomic E-state index is 13.0. The quantitative estimate of drug-likeness (QED) is 0.609. The van der Waals surface area contributed by atoms with Gasteiger partial charge >= 0.3 is 0 Å².